The van der Waals surface area contributed by atoms with E-state index in [2.05, 4.69) is 5.16 Å². The smallest absolute Gasteiger partial charge is 0.270 e. The highest BCUT2D eigenvalue weighted by Crippen LogP contribution is 2.38. The molecular weight excluding hydrogens is 232 g/mol. The fraction of sp³-hybridized carbons (Fsp3) is 0. The largest absolute Gasteiger partial charge is 0.410 e. The molecule has 1 aliphatic rings. The molecule has 3 rings (SSSR count). The zero-order valence-electron chi connectivity index (χ0n) is 9.20. The summed E-state index contributed by atoms with van der Waals surface area (Å²) >= 11 is 0. The number of nitrogens with zero attached hydrogens (tertiary/aromatic N) is 2. The lowest BCUT2D eigenvalue weighted by molar-refractivity contribution is -0.384. The topological polar surface area (TPSA) is 75.7 Å². The molecule has 2 aromatic carbocycles. The van der Waals surface area contributed by atoms with Gasteiger partial charge in [0, 0.05) is 23.3 Å². The van der Waals surface area contributed by atoms with Crippen molar-refractivity contribution in [3.8, 4) is 11.1 Å². The maximum absolute atomic E-state index is 10.8. The van der Waals surface area contributed by atoms with Gasteiger partial charge in [0.05, 0.1) is 4.92 Å². The lowest BCUT2D eigenvalue weighted by Crippen LogP contribution is -1.98. The molecule has 0 atom stereocenters. The van der Waals surface area contributed by atoms with Crippen LogP contribution in [0.3, 0.4) is 0 Å². The first-order chi connectivity index (χ1) is 8.72. The Balaban J connectivity index is 2.31. The number of benzene rings is 2. The van der Waals surface area contributed by atoms with E-state index in [1.807, 2.05) is 24.3 Å². The quantitative estimate of drug-likeness (QED) is 0.403. The standard InChI is InChI=1S/C13H8N2O3/c16-14-13-11-4-2-1-3-9(11)10-6-5-8(15(17)18)7-12(10)13/h1-7,16H. The number of rotatable bonds is 1. The highest BCUT2D eigenvalue weighted by Gasteiger charge is 2.26. The maximum Gasteiger partial charge on any atom is 0.270 e. The summed E-state index contributed by atoms with van der Waals surface area (Å²) in [4.78, 5) is 10.3. The van der Waals surface area contributed by atoms with Crippen LogP contribution in [-0.4, -0.2) is 15.8 Å². The van der Waals surface area contributed by atoms with Crippen molar-refractivity contribution in [3.63, 3.8) is 0 Å². The molecule has 5 nitrogen and oxygen atoms in total. The molecule has 2 aromatic rings. The Hall–Kier alpha value is -2.69. The molecule has 0 heterocycles. The summed E-state index contributed by atoms with van der Waals surface area (Å²) < 4.78 is 0. The van der Waals surface area contributed by atoms with E-state index >= 15 is 0 Å². The van der Waals surface area contributed by atoms with Crippen molar-refractivity contribution in [2.75, 3.05) is 0 Å². The predicted octanol–water partition coefficient (Wildman–Crippen LogP) is 2.80. The molecule has 88 valence electrons. The first kappa shape index (κ1) is 10.5. The minimum atomic E-state index is -0.460. The van der Waals surface area contributed by atoms with Crippen molar-refractivity contribution in [1.82, 2.24) is 0 Å². The monoisotopic (exact) mass is 240 g/mol. The third-order valence-electron chi connectivity index (χ3n) is 3.04. The van der Waals surface area contributed by atoms with Crippen LogP contribution in [0.15, 0.2) is 47.6 Å². The van der Waals surface area contributed by atoms with Gasteiger partial charge >= 0.3 is 0 Å². The SMILES string of the molecule is O=[N+]([O-])c1ccc2c(c1)C(=NO)c1ccccc1-2. The molecule has 18 heavy (non-hydrogen) atoms. The van der Waals surface area contributed by atoms with Gasteiger partial charge in [-0.15, -0.1) is 0 Å². The molecule has 0 fully saturated rings. The molecular formula is C13H8N2O3. The summed E-state index contributed by atoms with van der Waals surface area (Å²) in [5.74, 6) is 0. The third-order valence-corrected chi connectivity index (χ3v) is 3.04. The van der Waals surface area contributed by atoms with Crippen LogP contribution in [0.4, 0.5) is 5.69 Å². The molecule has 1 N–H and O–H groups in total. The lowest BCUT2D eigenvalue weighted by Gasteiger charge is -1.99. The van der Waals surface area contributed by atoms with Crippen LogP contribution >= 0.6 is 0 Å². The van der Waals surface area contributed by atoms with Gasteiger partial charge in [0.25, 0.3) is 5.69 Å². The molecule has 0 amide bonds. The van der Waals surface area contributed by atoms with E-state index in [4.69, 9.17) is 5.21 Å². The van der Waals surface area contributed by atoms with E-state index in [9.17, 15) is 10.1 Å². The molecule has 1 aliphatic carbocycles. The van der Waals surface area contributed by atoms with E-state index in [1.54, 1.807) is 6.07 Å². The van der Waals surface area contributed by atoms with Crippen molar-refractivity contribution >= 4 is 11.4 Å². The van der Waals surface area contributed by atoms with Crippen molar-refractivity contribution < 1.29 is 10.1 Å². The summed E-state index contributed by atoms with van der Waals surface area (Å²) in [5, 5.41) is 23.1. The van der Waals surface area contributed by atoms with E-state index in [0.717, 1.165) is 16.7 Å². The van der Waals surface area contributed by atoms with Gasteiger partial charge in [-0.25, -0.2) is 0 Å². The third kappa shape index (κ3) is 1.31. The van der Waals surface area contributed by atoms with Gasteiger partial charge in [-0.2, -0.15) is 0 Å². The number of nitro benzene ring substituents is 1. The average molecular weight is 240 g/mol. The zero-order chi connectivity index (χ0) is 12.7. The van der Waals surface area contributed by atoms with Crippen LogP contribution in [0.25, 0.3) is 11.1 Å². The Morgan fingerprint density at radius 1 is 1.00 bits per heavy atom. The number of oxime groups is 1. The van der Waals surface area contributed by atoms with E-state index in [0.29, 0.717) is 11.3 Å². The van der Waals surface area contributed by atoms with Crippen molar-refractivity contribution in [3.05, 3.63) is 63.7 Å². The van der Waals surface area contributed by atoms with E-state index in [-0.39, 0.29) is 5.69 Å². The van der Waals surface area contributed by atoms with Gasteiger partial charge in [0.1, 0.15) is 5.71 Å². The second kappa shape index (κ2) is 3.66. The summed E-state index contributed by atoms with van der Waals surface area (Å²) in [5.41, 5.74) is 3.52. The Morgan fingerprint density at radius 3 is 2.33 bits per heavy atom. The Kier molecular flexibility index (Phi) is 2.13. The number of hydrogen-bond acceptors (Lipinski definition) is 4. The summed E-state index contributed by atoms with van der Waals surface area (Å²) in [6, 6.07) is 12.0. The summed E-state index contributed by atoms with van der Waals surface area (Å²) in [7, 11) is 0. The Morgan fingerprint density at radius 2 is 1.67 bits per heavy atom. The number of non-ortho nitro benzene ring substituents is 1. The summed E-state index contributed by atoms with van der Waals surface area (Å²) in [6.07, 6.45) is 0. The second-order valence-corrected chi connectivity index (χ2v) is 3.98. The maximum atomic E-state index is 10.8. The highest BCUT2D eigenvalue weighted by atomic mass is 16.6. The Bertz CT molecular complexity index is 692. The number of fused-ring (bicyclic) bond motifs is 3. The number of hydrogen-bond donors (Lipinski definition) is 1. The first-order valence-corrected chi connectivity index (χ1v) is 5.33. The van der Waals surface area contributed by atoms with Crippen molar-refractivity contribution in [1.29, 1.82) is 0 Å². The van der Waals surface area contributed by atoms with Crippen LogP contribution in [-0.2, 0) is 0 Å². The molecule has 0 radical (unpaired) electrons. The molecule has 0 aliphatic heterocycles. The van der Waals surface area contributed by atoms with Gasteiger partial charge < -0.3 is 5.21 Å². The van der Waals surface area contributed by atoms with Crippen molar-refractivity contribution in [2.24, 2.45) is 5.16 Å². The summed E-state index contributed by atoms with van der Waals surface area (Å²) in [6.45, 7) is 0. The average Bonchev–Trinajstić information content (AvgIpc) is 2.71. The molecule has 0 saturated carbocycles. The predicted molar refractivity (Wildman–Crippen MR) is 66.0 cm³/mol. The van der Waals surface area contributed by atoms with Crippen LogP contribution in [0.1, 0.15) is 11.1 Å². The van der Waals surface area contributed by atoms with Gasteiger partial charge in [-0.1, -0.05) is 29.4 Å². The normalized spacial score (nSPS) is 14.3. The lowest BCUT2D eigenvalue weighted by atomic mass is 10.1. The fourth-order valence-corrected chi connectivity index (χ4v) is 2.25. The molecule has 0 unspecified atom stereocenters. The Labute approximate surface area is 102 Å². The van der Waals surface area contributed by atoms with Gasteiger partial charge in [-0.05, 0) is 17.2 Å². The fourth-order valence-electron chi connectivity index (χ4n) is 2.25. The van der Waals surface area contributed by atoms with Crippen LogP contribution < -0.4 is 0 Å². The van der Waals surface area contributed by atoms with Gasteiger partial charge in [0.15, 0.2) is 0 Å². The van der Waals surface area contributed by atoms with Crippen LogP contribution in [0.5, 0.6) is 0 Å². The minimum absolute atomic E-state index is 0.0114. The van der Waals surface area contributed by atoms with Gasteiger partial charge in [-0.3, -0.25) is 10.1 Å². The van der Waals surface area contributed by atoms with Crippen LogP contribution in [0.2, 0.25) is 0 Å². The molecule has 0 aromatic heterocycles. The van der Waals surface area contributed by atoms with E-state index in [1.165, 1.54) is 12.1 Å². The van der Waals surface area contributed by atoms with E-state index < -0.39 is 4.92 Å². The second-order valence-electron chi connectivity index (χ2n) is 3.98. The molecule has 5 heteroatoms. The van der Waals surface area contributed by atoms with Gasteiger partial charge in [0.2, 0.25) is 0 Å². The molecule has 0 spiro atoms. The first-order valence-electron chi connectivity index (χ1n) is 5.33. The minimum Gasteiger partial charge on any atom is -0.410 e. The van der Waals surface area contributed by atoms with Crippen molar-refractivity contribution in [2.45, 2.75) is 0 Å². The molecule has 0 bridgehead atoms. The van der Waals surface area contributed by atoms with Crippen LogP contribution in [0, 0.1) is 10.1 Å². The zero-order valence-corrected chi connectivity index (χ0v) is 9.20. The molecule has 0 saturated heterocycles. The number of nitro groups is 1. The highest BCUT2D eigenvalue weighted by molar-refractivity contribution is 6.24.